The van der Waals surface area contributed by atoms with Crippen LogP contribution in [-0.2, 0) is 4.79 Å². The molecule has 0 spiro atoms. The van der Waals surface area contributed by atoms with E-state index in [-0.39, 0.29) is 23.8 Å². The first-order chi connectivity index (χ1) is 8.03. The van der Waals surface area contributed by atoms with Gasteiger partial charge in [-0.1, -0.05) is 33.6 Å². The molecule has 1 fully saturated rings. The number of aliphatic hydroxyl groups is 1. The number of nitrogens with zero attached hydrogens (tertiary/aromatic N) is 1. The van der Waals surface area contributed by atoms with Crippen LogP contribution in [0.1, 0.15) is 52.9 Å². The fourth-order valence-corrected chi connectivity index (χ4v) is 2.89. The van der Waals surface area contributed by atoms with Crippen LogP contribution in [0.4, 0.5) is 0 Å². The summed E-state index contributed by atoms with van der Waals surface area (Å²) in [6.07, 6.45) is 5.52. The summed E-state index contributed by atoms with van der Waals surface area (Å²) in [4.78, 5) is 14.4. The van der Waals surface area contributed by atoms with Crippen LogP contribution in [0.2, 0.25) is 0 Å². The zero-order valence-corrected chi connectivity index (χ0v) is 11.5. The second-order valence-electron chi connectivity index (χ2n) is 5.84. The molecule has 0 radical (unpaired) electrons. The van der Waals surface area contributed by atoms with Crippen LogP contribution < -0.4 is 0 Å². The Kier molecular flexibility index (Phi) is 5.44. The predicted molar refractivity (Wildman–Crippen MR) is 69.7 cm³/mol. The van der Waals surface area contributed by atoms with Crippen molar-refractivity contribution < 1.29 is 9.90 Å². The average Bonchev–Trinajstić information content (AvgIpc) is 2.27. The Morgan fingerprint density at radius 1 is 1.35 bits per heavy atom. The summed E-state index contributed by atoms with van der Waals surface area (Å²) in [7, 11) is 0. The van der Waals surface area contributed by atoms with Crippen molar-refractivity contribution in [3.05, 3.63) is 0 Å². The Balaban J connectivity index is 2.70. The summed E-state index contributed by atoms with van der Waals surface area (Å²) in [5.74, 6) is 0.403. The van der Waals surface area contributed by atoms with Gasteiger partial charge in [-0.15, -0.1) is 0 Å². The van der Waals surface area contributed by atoms with E-state index in [1.165, 1.54) is 12.8 Å². The highest BCUT2D eigenvalue weighted by atomic mass is 16.3. The first-order valence-electron chi connectivity index (χ1n) is 6.92. The molecule has 17 heavy (non-hydrogen) atoms. The van der Waals surface area contributed by atoms with Crippen LogP contribution in [0.25, 0.3) is 0 Å². The Hall–Kier alpha value is -0.570. The minimum atomic E-state index is 0.0683. The molecular weight excluding hydrogens is 214 g/mol. The van der Waals surface area contributed by atoms with Crippen LogP contribution in [0, 0.1) is 11.3 Å². The van der Waals surface area contributed by atoms with Gasteiger partial charge < -0.3 is 10.0 Å². The van der Waals surface area contributed by atoms with Crippen molar-refractivity contribution in [2.75, 3.05) is 19.7 Å². The van der Waals surface area contributed by atoms with Gasteiger partial charge in [0.25, 0.3) is 0 Å². The van der Waals surface area contributed by atoms with Crippen LogP contribution in [0.15, 0.2) is 0 Å². The lowest BCUT2D eigenvalue weighted by atomic mass is 9.68. The van der Waals surface area contributed by atoms with Gasteiger partial charge in [0.1, 0.15) is 0 Å². The van der Waals surface area contributed by atoms with Crippen molar-refractivity contribution in [2.24, 2.45) is 11.3 Å². The molecule has 100 valence electrons. The quantitative estimate of drug-likeness (QED) is 0.803. The summed E-state index contributed by atoms with van der Waals surface area (Å²) in [6, 6.07) is 0. The molecule has 0 aromatic rings. The van der Waals surface area contributed by atoms with Gasteiger partial charge in [0.15, 0.2) is 0 Å². The predicted octanol–water partition coefficient (Wildman–Crippen LogP) is 2.43. The summed E-state index contributed by atoms with van der Waals surface area (Å²) in [6.45, 7) is 7.81. The van der Waals surface area contributed by atoms with E-state index in [1.807, 2.05) is 4.90 Å². The number of carbonyl (C=O) groups is 1. The number of rotatable bonds is 5. The van der Waals surface area contributed by atoms with Crippen molar-refractivity contribution in [1.82, 2.24) is 4.90 Å². The minimum absolute atomic E-state index is 0.0683. The average molecular weight is 241 g/mol. The van der Waals surface area contributed by atoms with Gasteiger partial charge in [-0.25, -0.2) is 0 Å². The van der Waals surface area contributed by atoms with Crippen molar-refractivity contribution in [3.8, 4) is 0 Å². The van der Waals surface area contributed by atoms with Crippen molar-refractivity contribution >= 4 is 5.91 Å². The van der Waals surface area contributed by atoms with Gasteiger partial charge in [0.2, 0.25) is 5.91 Å². The topological polar surface area (TPSA) is 40.5 Å². The highest BCUT2D eigenvalue weighted by molar-refractivity contribution is 5.79. The monoisotopic (exact) mass is 241 g/mol. The van der Waals surface area contributed by atoms with Gasteiger partial charge in [-0.2, -0.15) is 0 Å². The highest BCUT2D eigenvalue weighted by Crippen LogP contribution is 2.41. The molecule has 1 amide bonds. The van der Waals surface area contributed by atoms with Crippen LogP contribution in [-0.4, -0.2) is 35.6 Å². The zero-order chi connectivity index (χ0) is 12.9. The third-order valence-corrected chi connectivity index (χ3v) is 3.98. The van der Waals surface area contributed by atoms with E-state index in [1.54, 1.807) is 0 Å². The maximum absolute atomic E-state index is 12.5. The SMILES string of the molecule is CCCN(CCO)C(=O)C1CCCCC1(C)C. The van der Waals surface area contributed by atoms with E-state index in [2.05, 4.69) is 20.8 Å². The summed E-state index contributed by atoms with van der Waals surface area (Å²) in [5.41, 5.74) is 0.122. The first-order valence-corrected chi connectivity index (χ1v) is 6.92. The molecule has 1 N–H and O–H groups in total. The van der Waals surface area contributed by atoms with Crippen molar-refractivity contribution in [2.45, 2.75) is 52.9 Å². The molecular formula is C14H27NO2. The molecule has 0 aromatic heterocycles. The Morgan fingerprint density at radius 3 is 2.59 bits per heavy atom. The lowest BCUT2D eigenvalue weighted by Gasteiger charge is -2.40. The number of aliphatic hydroxyl groups excluding tert-OH is 1. The molecule has 1 atom stereocenters. The molecule has 0 aliphatic heterocycles. The number of carbonyl (C=O) groups excluding carboxylic acids is 1. The maximum atomic E-state index is 12.5. The van der Waals surface area contributed by atoms with Crippen molar-refractivity contribution in [3.63, 3.8) is 0 Å². The van der Waals surface area contributed by atoms with Gasteiger partial charge in [0, 0.05) is 19.0 Å². The van der Waals surface area contributed by atoms with Crippen LogP contribution in [0.5, 0.6) is 0 Å². The third-order valence-electron chi connectivity index (χ3n) is 3.98. The number of hydrogen-bond acceptors (Lipinski definition) is 2. The van der Waals surface area contributed by atoms with Crippen molar-refractivity contribution in [1.29, 1.82) is 0 Å². The van der Waals surface area contributed by atoms with Gasteiger partial charge >= 0.3 is 0 Å². The molecule has 0 heterocycles. The normalized spacial score (nSPS) is 23.4. The molecule has 0 saturated heterocycles. The second-order valence-corrected chi connectivity index (χ2v) is 5.84. The largest absolute Gasteiger partial charge is 0.395 e. The van der Waals surface area contributed by atoms with Gasteiger partial charge in [-0.05, 0) is 24.7 Å². The summed E-state index contributed by atoms with van der Waals surface area (Å²) < 4.78 is 0. The van der Waals surface area contributed by atoms with E-state index in [9.17, 15) is 4.79 Å². The first kappa shape index (κ1) is 14.5. The summed E-state index contributed by atoms with van der Waals surface area (Å²) in [5, 5.41) is 9.05. The van der Waals surface area contributed by atoms with E-state index < -0.39 is 0 Å². The number of hydrogen-bond donors (Lipinski definition) is 1. The zero-order valence-electron chi connectivity index (χ0n) is 11.5. The Labute approximate surface area is 105 Å². The van der Waals surface area contributed by atoms with E-state index in [0.29, 0.717) is 6.54 Å². The fourth-order valence-electron chi connectivity index (χ4n) is 2.89. The molecule has 1 aliphatic rings. The molecule has 1 saturated carbocycles. The maximum Gasteiger partial charge on any atom is 0.226 e. The minimum Gasteiger partial charge on any atom is -0.395 e. The van der Waals surface area contributed by atoms with Crippen LogP contribution >= 0.6 is 0 Å². The standard InChI is InChI=1S/C14H27NO2/c1-4-9-15(10-11-16)13(17)12-7-5-6-8-14(12,2)3/h12,16H,4-11H2,1-3H3. The smallest absolute Gasteiger partial charge is 0.226 e. The molecule has 3 heteroatoms. The van der Waals surface area contributed by atoms with E-state index in [4.69, 9.17) is 5.11 Å². The lowest BCUT2D eigenvalue weighted by molar-refractivity contribution is -0.141. The molecule has 0 bridgehead atoms. The lowest BCUT2D eigenvalue weighted by Crippen LogP contribution is -2.45. The molecule has 1 rings (SSSR count). The van der Waals surface area contributed by atoms with Gasteiger partial charge in [-0.3, -0.25) is 4.79 Å². The second kappa shape index (κ2) is 6.39. The number of amides is 1. The Bertz CT molecular complexity index is 245. The Morgan fingerprint density at radius 2 is 2.06 bits per heavy atom. The van der Waals surface area contributed by atoms with Gasteiger partial charge in [0.05, 0.1) is 6.61 Å². The third kappa shape index (κ3) is 3.70. The molecule has 1 unspecified atom stereocenters. The van der Waals surface area contributed by atoms with E-state index in [0.717, 1.165) is 25.8 Å². The highest BCUT2D eigenvalue weighted by Gasteiger charge is 2.38. The molecule has 1 aliphatic carbocycles. The van der Waals surface area contributed by atoms with Crippen LogP contribution in [0.3, 0.4) is 0 Å². The fraction of sp³-hybridized carbons (Fsp3) is 0.929. The molecule has 3 nitrogen and oxygen atoms in total. The molecule has 0 aromatic carbocycles. The van der Waals surface area contributed by atoms with E-state index >= 15 is 0 Å². The summed E-state index contributed by atoms with van der Waals surface area (Å²) >= 11 is 0.